The first kappa shape index (κ1) is 8.87. The lowest BCUT2D eigenvalue weighted by Gasteiger charge is -2.14. The molecule has 0 spiro atoms. The van der Waals surface area contributed by atoms with Crippen LogP contribution in [0, 0.1) is 0 Å². The normalized spacial score (nSPS) is 13.8. The van der Waals surface area contributed by atoms with Gasteiger partial charge < -0.3 is 0 Å². The summed E-state index contributed by atoms with van der Waals surface area (Å²) in [7, 11) is -4.28. The molecular weight excluding hydrogens is 144 g/mol. The molecule has 0 saturated carbocycles. The van der Waals surface area contributed by atoms with E-state index < -0.39 is 16.0 Å². The van der Waals surface area contributed by atoms with Crippen molar-refractivity contribution >= 4 is 10.4 Å². The van der Waals surface area contributed by atoms with Gasteiger partial charge in [0.2, 0.25) is 0 Å². The number of hydrogen-bond donors (Lipinski definition) is 1. The van der Waals surface area contributed by atoms with Crippen LogP contribution in [-0.2, 0) is 14.6 Å². The molecule has 0 bridgehead atoms. The molecule has 9 heavy (non-hydrogen) atoms. The summed E-state index contributed by atoms with van der Waals surface area (Å²) in [6.07, 6.45) is 0. The van der Waals surface area contributed by atoms with Gasteiger partial charge in [0.15, 0.2) is 0 Å². The Morgan fingerprint density at radius 3 is 1.67 bits per heavy atom. The molecule has 0 aliphatic carbocycles. The quantitative estimate of drug-likeness (QED) is 0.562. The van der Waals surface area contributed by atoms with Crippen molar-refractivity contribution in [2.45, 2.75) is 26.4 Å². The fraction of sp³-hybridized carbons (Fsp3) is 1.00. The molecule has 0 amide bonds. The number of rotatable bonds is 1. The average Bonchev–Trinajstić information content (AvgIpc) is 1.14. The van der Waals surface area contributed by atoms with Gasteiger partial charge in [0.1, 0.15) is 0 Å². The summed E-state index contributed by atoms with van der Waals surface area (Å²) in [5, 5.41) is 0. The third kappa shape index (κ3) is 7.87. The van der Waals surface area contributed by atoms with E-state index in [-0.39, 0.29) is 0 Å². The van der Waals surface area contributed by atoms with Crippen LogP contribution in [0.3, 0.4) is 0 Å². The maximum atomic E-state index is 9.98. The molecule has 1 N–H and O–H groups in total. The molecule has 0 fully saturated rings. The molecule has 0 aromatic carbocycles. The van der Waals surface area contributed by atoms with E-state index in [0.29, 0.717) is 0 Å². The first-order valence-electron chi connectivity index (χ1n) is 2.39. The summed E-state index contributed by atoms with van der Waals surface area (Å²) in [5.41, 5.74) is -0.854. The van der Waals surface area contributed by atoms with Crippen LogP contribution >= 0.6 is 0 Å². The molecule has 0 aliphatic heterocycles. The van der Waals surface area contributed by atoms with Gasteiger partial charge in [0.25, 0.3) is 0 Å². The first-order chi connectivity index (χ1) is 3.71. The van der Waals surface area contributed by atoms with Crippen molar-refractivity contribution in [2.75, 3.05) is 0 Å². The Morgan fingerprint density at radius 2 is 1.67 bits per heavy atom. The highest BCUT2D eigenvalue weighted by Gasteiger charge is 2.18. The molecule has 4 nitrogen and oxygen atoms in total. The molecule has 0 aliphatic rings. The van der Waals surface area contributed by atoms with E-state index in [1.807, 2.05) is 0 Å². The van der Waals surface area contributed by atoms with Crippen LogP contribution in [0.25, 0.3) is 0 Å². The third-order valence-corrected chi connectivity index (χ3v) is 1.07. The van der Waals surface area contributed by atoms with Gasteiger partial charge in [-0.25, -0.2) is 4.18 Å². The van der Waals surface area contributed by atoms with Crippen molar-refractivity contribution in [3.8, 4) is 0 Å². The minimum atomic E-state index is -4.28. The molecule has 0 unspecified atom stereocenters. The van der Waals surface area contributed by atoms with Crippen LogP contribution in [-0.4, -0.2) is 18.6 Å². The zero-order chi connectivity index (χ0) is 7.71. The molecule has 0 saturated heterocycles. The minimum Gasteiger partial charge on any atom is -0.264 e. The second-order valence-corrected chi connectivity index (χ2v) is 3.65. The third-order valence-electron chi connectivity index (χ3n) is 0.355. The van der Waals surface area contributed by atoms with E-state index >= 15 is 0 Å². The molecule has 0 heterocycles. The fourth-order valence-electron chi connectivity index (χ4n) is 0.316. The van der Waals surface area contributed by atoms with E-state index in [9.17, 15) is 8.42 Å². The summed E-state index contributed by atoms with van der Waals surface area (Å²) in [4.78, 5) is 0. The Balaban J connectivity index is 4.07. The smallest absolute Gasteiger partial charge is 0.264 e. The lowest BCUT2D eigenvalue weighted by Crippen LogP contribution is -2.23. The molecule has 0 atom stereocenters. The highest BCUT2D eigenvalue weighted by atomic mass is 32.3. The van der Waals surface area contributed by atoms with Crippen molar-refractivity contribution in [1.29, 1.82) is 0 Å². The maximum absolute atomic E-state index is 9.98. The Labute approximate surface area is 54.8 Å². The summed E-state index contributed by atoms with van der Waals surface area (Å²) < 4.78 is 32.2. The lowest BCUT2D eigenvalue weighted by atomic mass is 10.2. The van der Waals surface area contributed by atoms with Gasteiger partial charge in [-0.15, -0.1) is 0 Å². The standard InChI is InChI=1S/C4H10O4S/c1-4(2,3)8-9(5,6)7/h1-3H3,(H,5,6,7). The zero-order valence-corrected chi connectivity index (χ0v) is 6.40. The Bertz CT molecular complexity index is 173. The van der Waals surface area contributed by atoms with Crippen molar-refractivity contribution in [1.82, 2.24) is 0 Å². The van der Waals surface area contributed by atoms with E-state index in [1.54, 1.807) is 0 Å². The van der Waals surface area contributed by atoms with Gasteiger partial charge in [-0.1, -0.05) is 0 Å². The monoisotopic (exact) mass is 154 g/mol. The van der Waals surface area contributed by atoms with Crippen LogP contribution in [0.15, 0.2) is 0 Å². The summed E-state index contributed by atoms with van der Waals surface area (Å²) >= 11 is 0. The summed E-state index contributed by atoms with van der Waals surface area (Å²) in [5.74, 6) is 0. The topological polar surface area (TPSA) is 63.6 Å². The minimum absolute atomic E-state index is 0.854. The number of hydrogen-bond acceptors (Lipinski definition) is 3. The highest BCUT2D eigenvalue weighted by molar-refractivity contribution is 7.80. The molecule has 0 aromatic heterocycles. The van der Waals surface area contributed by atoms with Crippen LogP contribution in [0.4, 0.5) is 0 Å². The summed E-state index contributed by atoms with van der Waals surface area (Å²) in [6.45, 7) is 4.59. The van der Waals surface area contributed by atoms with E-state index in [2.05, 4.69) is 4.18 Å². The predicted octanol–water partition coefficient (Wildman–Crippen LogP) is 0.604. The second kappa shape index (κ2) is 2.24. The van der Waals surface area contributed by atoms with Crippen LogP contribution in [0.5, 0.6) is 0 Å². The first-order valence-corrected chi connectivity index (χ1v) is 3.75. The Morgan fingerprint density at radius 1 is 1.33 bits per heavy atom. The summed E-state index contributed by atoms with van der Waals surface area (Å²) in [6, 6.07) is 0. The van der Waals surface area contributed by atoms with Crippen LogP contribution in [0.1, 0.15) is 20.8 Å². The van der Waals surface area contributed by atoms with Crippen LogP contribution in [0.2, 0.25) is 0 Å². The average molecular weight is 154 g/mol. The van der Waals surface area contributed by atoms with E-state index in [1.165, 1.54) is 20.8 Å². The molecule has 5 heteroatoms. The largest absolute Gasteiger partial charge is 0.397 e. The Hall–Kier alpha value is -0.130. The van der Waals surface area contributed by atoms with Gasteiger partial charge >= 0.3 is 10.4 Å². The lowest BCUT2D eigenvalue weighted by molar-refractivity contribution is 0.119. The van der Waals surface area contributed by atoms with E-state index in [0.717, 1.165) is 0 Å². The SMILES string of the molecule is CC(C)(C)OS(=O)(=O)O. The maximum Gasteiger partial charge on any atom is 0.397 e. The van der Waals surface area contributed by atoms with Crippen molar-refractivity contribution in [3.63, 3.8) is 0 Å². The van der Waals surface area contributed by atoms with Gasteiger partial charge in [0.05, 0.1) is 5.60 Å². The van der Waals surface area contributed by atoms with Gasteiger partial charge in [-0.2, -0.15) is 8.42 Å². The fourth-order valence-corrected chi connectivity index (χ4v) is 0.948. The zero-order valence-electron chi connectivity index (χ0n) is 5.58. The molecule has 0 rings (SSSR count). The van der Waals surface area contributed by atoms with Crippen LogP contribution < -0.4 is 0 Å². The predicted molar refractivity (Wildman–Crippen MR) is 32.4 cm³/mol. The van der Waals surface area contributed by atoms with Gasteiger partial charge in [-0.05, 0) is 20.8 Å². The van der Waals surface area contributed by atoms with Gasteiger partial charge in [0, 0.05) is 0 Å². The molecule has 56 valence electrons. The Kier molecular flexibility index (Phi) is 2.21. The molecule has 0 radical (unpaired) electrons. The second-order valence-electron chi connectivity index (χ2n) is 2.62. The highest BCUT2D eigenvalue weighted by Crippen LogP contribution is 2.09. The molecule has 0 aromatic rings. The van der Waals surface area contributed by atoms with Crippen molar-refractivity contribution in [2.24, 2.45) is 0 Å². The van der Waals surface area contributed by atoms with E-state index in [4.69, 9.17) is 4.55 Å². The molecular formula is C4H10O4S. The van der Waals surface area contributed by atoms with Crippen molar-refractivity contribution < 1.29 is 17.2 Å². The van der Waals surface area contributed by atoms with Gasteiger partial charge in [-0.3, -0.25) is 4.55 Å². The van der Waals surface area contributed by atoms with Crippen molar-refractivity contribution in [3.05, 3.63) is 0 Å².